The standard InChI is InChI=1S/C38H36FN5O8S/c1-21(2)33(38(47)50-4)42-31(45)14-16-44(53(48)49)20-25-18-30-28(32(36(46)40-3)34(51-30)22-10-12-26(39)13-11-22)19-27(25)23-7-5-8-24(17-23)37-43-35-29(52-37)9-6-15-41-35/h5-13,15,17-19,21,33,53H,14,16,20H2,1-4H3,(H,40,46)(H,42,45). The second kappa shape index (κ2) is 15.8. The molecule has 6 rings (SSSR count). The lowest BCUT2D eigenvalue weighted by atomic mass is 9.94. The molecule has 1 atom stereocenters. The molecule has 15 heteroatoms. The zero-order valence-corrected chi connectivity index (χ0v) is 30.1. The van der Waals surface area contributed by atoms with Gasteiger partial charge in [-0.3, -0.25) is 9.59 Å². The van der Waals surface area contributed by atoms with Gasteiger partial charge in [-0.15, -0.1) is 0 Å². The highest BCUT2D eigenvalue weighted by molar-refractivity contribution is 7.69. The maximum atomic E-state index is 13.9. The monoisotopic (exact) mass is 741 g/mol. The number of carbonyl (C=O) groups excluding carboxylic acids is 3. The van der Waals surface area contributed by atoms with Crippen LogP contribution in [0.4, 0.5) is 4.39 Å². The van der Waals surface area contributed by atoms with Gasteiger partial charge in [-0.25, -0.2) is 22.6 Å². The van der Waals surface area contributed by atoms with Crippen molar-refractivity contribution in [3.63, 3.8) is 0 Å². The molecule has 0 aliphatic rings. The Labute approximate surface area is 305 Å². The summed E-state index contributed by atoms with van der Waals surface area (Å²) in [6.45, 7) is 3.12. The highest BCUT2D eigenvalue weighted by Crippen LogP contribution is 2.39. The molecule has 0 saturated heterocycles. The Kier molecular flexibility index (Phi) is 11.0. The van der Waals surface area contributed by atoms with Crippen molar-refractivity contribution in [2.24, 2.45) is 5.92 Å². The molecule has 53 heavy (non-hydrogen) atoms. The van der Waals surface area contributed by atoms with E-state index in [9.17, 15) is 27.2 Å². The number of carbonyl (C=O) groups is 3. The van der Waals surface area contributed by atoms with Crippen molar-refractivity contribution in [1.82, 2.24) is 24.9 Å². The minimum atomic E-state index is -3.20. The number of pyridine rings is 1. The fraction of sp³-hybridized carbons (Fsp3) is 0.237. The van der Waals surface area contributed by atoms with E-state index in [2.05, 4.69) is 20.6 Å². The van der Waals surface area contributed by atoms with Crippen LogP contribution in [0, 0.1) is 11.7 Å². The molecule has 0 aliphatic carbocycles. The summed E-state index contributed by atoms with van der Waals surface area (Å²) in [4.78, 5) is 47.2. The second-order valence-corrected chi connectivity index (χ2v) is 13.6. The number of amides is 2. The number of thiol groups is 1. The lowest BCUT2D eigenvalue weighted by Gasteiger charge is -2.21. The SMILES string of the molecule is CNC(=O)c1c(-c2ccc(F)cc2)oc2cc(CN(CCC(=O)NC(C(=O)OC)C(C)C)[SH](=O)=O)c(-c3cccc(-c4nc5ncccc5o4)c3)cc12. The van der Waals surface area contributed by atoms with E-state index in [1.165, 1.54) is 38.4 Å². The Hall–Kier alpha value is -5.93. The van der Waals surface area contributed by atoms with Crippen molar-refractivity contribution in [1.29, 1.82) is 0 Å². The zero-order chi connectivity index (χ0) is 37.8. The minimum Gasteiger partial charge on any atom is -0.467 e. The fourth-order valence-corrected chi connectivity index (χ4v) is 6.50. The van der Waals surface area contributed by atoms with Gasteiger partial charge >= 0.3 is 5.97 Å². The molecule has 3 aromatic carbocycles. The maximum Gasteiger partial charge on any atom is 0.328 e. The Morgan fingerprint density at radius 2 is 1.70 bits per heavy atom. The molecule has 3 heterocycles. The number of esters is 1. The predicted molar refractivity (Wildman–Crippen MR) is 195 cm³/mol. The van der Waals surface area contributed by atoms with Crippen LogP contribution >= 0.6 is 0 Å². The molecule has 1 unspecified atom stereocenters. The van der Waals surface area contributed by atoms with Crippen molar-refractivity contribution in [2.45, 2.75) is 32.9 Å². The van der Waals surface area contributed by atoms with Gasteiger partial charge in [0.25, 0.3) is 5.91 Å². The molecular weight excluding hydrogens is 706 g/mol. The van der Waals surface area contributed by atoms with Gasteiger partial charge in [-0.1, -0.05) is 26.0 Å². The Morgan fingerprint density at radius 3 is 2.38 bits per heavy atom. The molecule has 0 aliphatic heterocycles. The van der Waals surface area contributed by atoms with E-state index in [-0.39, 0.29) is 42.3 Å². The van der Waals surface area contributed by atoms with Gasteiger partial charge in [-0.05, 0) is 83.3 Å². The largest absolute Gasteiger partial charge is 0.467 e. The number of nitrogens with one attached hydrogen (secondary N) is 2. The molecule has 0 bridgehead atoms. The number of aromatic nitrogens is 2. The third kappa shape index (κ3) is 7.95. The molecule has 0 saturated carbocycles. The molecule has 274 valence electrons. The number of halogens is 1. The number of furan rings is 1. The van der Waals surface area contributed by atoms with E-state index in [1.54, 1.807) is 50.4 Å². The van der Waals surface area contributed by atoms with Crippen LogP contribution in [0.2, 0.25) is 0 Å². The van der Waals surface area contributed by atoms with Crippen LogP contribution in [-0.4, -0.2) is 67.2 Å². The van der Waals surface area contributed by atoms with Crippen LogP contribution in [0.15, 0.2) is 87.8 Å². The summed E-state index contributed by atoms with van der Waals surface area (Å²) < 4.78 is 57.3. The van der Waals surface area contributed by atoms with Gasteiger partial charge < -0.3 is 24.2 Å². The fourth-order valence-electron chi connectivity index (χ4n) is 5.97. The zero-order valence-electron chi connectivity index (χ0n) is 29.2. The molecule has 6 aromatic rings. The number of ether oxygens (including phenoxy) is 1. The first-order valence-corrected chi connectivity index (χ1v) is 17.8. The van der Waals surface area contributed by atoms with Gasteiger partial charge in [0.05, 0.1) is 12.7 Å². The molecule has 0 fully saturated rings. The number of oxazole rings is 1. The first-order chi connectivity index (χ1) is 25.5. The van der Waals surface area contributed by atoms with Crippen LogP contribution in [0.25, 0.3) is 56.1 Å². The normalized spacial score (nSPS) is 12.2. The van der Waals surface area contributed by atoms with Gasteiger partial charge in [-0.2, -0.15) is 9.29 Å². The average molecular weight is 742 g/mol. The van der Waals surface area contributed by atoms with Crippen LogP contribution < -0.4 is 10.6 Å². The maximum absolute atomic E-state index is 13.9. The minimum absolute atomic E-state index is 0.180. The molecule has 2 N–H and O–H groups in total. The van der Waals surface area contributed by atoms with Crippen LogP contribution in [0.5, 0.6) is 0 Å². The third-order valence-corrected chi connectivity index (χ3v) is 9.48. The van der Waals surface area contributed by atoms with Crippen LogP contribution in [0.3, 0.4) is 0 Å². The van der Waals surface area contributed by atoms with Gasteiger partial charge in [0.1, 0.15) is 23.2 Å². The summed E-state index contributed by atoms with van der Waals surface area (Å²) in [6.07, 6.45) is 1.37. The topological polar surface area (TPSA) is 174 Å². The molecular formula is C38H36FN5O8S. The van der Waals surface area contributed by atoms with Gasteiger partial charge in [0.15, 0.2) is 11.2 Å². The van der Waals surface area contributed by atoms with Crippen LogP contribution in [-0.2, 0) is 31.8 Å². The van der Waals surface area contributed by atoms with Crippen LogP contribution in [0.1, 0.15) is 36.2 Å². The molecule has 13 nitrogen and oxygen atoms in total. The summed E-state index contributed by atoms with van der Waals surface area (Å²) in [5, 5.41) is 5.71. The molecule has 3 aromatic heterocycles. The number of benzene rings is 3. The first kappa shape index (κ1) is 36.8. The number of hydrogen-bond acceptors (Lipinski definition) is 10. The van der Waals surface area contributed by atoms with Crippen molar-refractivity contribution >= 4 is 50.9 Å². The van der Waals surface area contributed by atoms with Crippen molar-refractivity contribution in [2.75, 3.05) is 20.7 Å². The van der Waals surface area contributed by atoms with Crippen molar-refractivity contribution < 1.29 is 40.8 Å². The average Bonchev–Trinajstić information content (AvgIpc) is 3.76. The third-order valence-electron chi connectivity index (χ3n) is 8.68. The molecule has 2 amide bonds. The highest BCUT2D eigenvalue weighted by atomic mass is 32.2. The van der Waals surface area contributed by atoms with E-state index in [0.29, 0.717) is 50.3 Å². The van der Waals surface area contributed by atoms with E-state index < -0.39 is 40.5 Å². The number of fused-ring (bicyclic) bond motifs is 2. The van der Waals surface area contributed by atoms with Gasteiger partial charge in [0.2, 0.25) is 22.7 Å². The lowest BCUT2D eigenvalue weighted by Crippen LogP contribution is -2.45. The Bertz CT molecular complexity index is 2360. The highest BCUT2D eigenvalue weighted by Gasteiger charge is 2.27. The smallest absolute Gasteiger partial charge is 0.328 e. The molecule has 0 spiro atoms. The summed E-state index contributed by atoms with van der Waals surface area (Å²) >= 11 is 0. The van der Waals surface area contributed by atoms with Gasteiger partial charge in [0, 0.05) is 49.3 Å². The van der Waals surface area contributed by atoms with Crippen molar-refractivity contribution in [3.05, 3.63) is 95.9 Å². The summed E-state index contributed by atoms with van der Waals surface area (Å²) in [6, 6.07) is 18.7. The first-order valence-electron chi connectivity index (χ1n) is 16.6. The van der Waals surface area contributed by atoms with Crippen molar-refractivity contribution in [3.8, 4) is 33.9 Å². The molecule has 0 radical (unpaired) electrons. The number of nitrogens with zero attached hydrogens (tertiary/aromatic N) is 3. The summed E-state index contributed by atoms with van der Waals surface area (Å²) in [5.74, 6) is -1.79. The summed E-state index contributed by atoms with van der Waals surface area (Å²) in [7, 11) is -0.492. The van der Waals surface area contributed by atoms with E-state index in [1.807, 2.05) is 18.2 Å². The Balaban J connectivity index is 1.44. The summed E-state index contributed by atoms with van der Waals surface area (Å²) in [5.41, 5.74) is 4.18. The Morgan fingerprint density at radius 1 is 0.943 bits per heavy atom. The number of hydrogen-bond donors (Lipinski definition) is 3. The quantitative estimate of drug-likeness (QED) is 0.101. The van der Waals surface area contributed by atoms with E-state index in [0.717, 1.165) is 4.31 Å². The van der Waals surface area contributed by atoms with E-state index >= 15 is 0 Å². The predicted octanol–water partition coefficient (Wildman–Crippen LogP) is 5.50. The second-order valence-electron chi connectivity index (χ2n) is 12.5. The van der Waals surface area contributed by atoms with E-state index in [4.69, 9.17) is 13.6 Å². The number of methoxy groups -OCH3 is 1. The number of rotatable bonds is 13. The lowest BCUT2D eigenvalue weighted by molar-refractivity contribution is -0.146.